The van der Waals surface area contributed by atoms with E-state index < -0.39 is 5.91 Å². The number of carbonyl (C=O) groups excluding carboxylic acids is 2. The van der Waals surface area contributed by atoms with E-state index in [1.165, 1.54) is 0 Å². The molecule has 31 heavy (non-hydrogen) atoms. The summed E-state index contributed by atoms with van der Waals surface area (Å²) >= 11 is 0. The number of rotatable bonds is 6. The van der Waals surface area contributed by atoms with Crippen molar-refractivity contribution in [3.63, 3.8) is 0 Å². The summed E-state index contributed by atoms with van der Waals surface area (Å²) in [4.78, 5) is 24.3. The van der Waals surface area contributed by atoms with E-state index in [-0.39, 0.29) is 12.3 Å². The van der Waals surface area contributed by atoms with Crippen LogP contribution in [0.25, 0.3) is 16.9 Å². The molecule has 0 saturated carbocycles. The van der Waals surface area contributed by atoms with E-state index in [1.807, 2.05) is 61.5 Å². The Balaban J connectivity index is 1.69. The van der Waals surface area contributed by atoms with Gasteiger partial charge in [-0.3, -0.25) is 9.59 Å². The van der Waals surface area contributed by atoms with Gasteiger partial charge in [-0.05, 0) is 42.3 Å². The fraction of sp³-hybridized carbons (Fsp3) is 0.0800. The van der Waals surface area contributed by atoms with Crippen LogP contribution in [0.5, 0.6) is 0 Å². The molecule has 0 aliphatic rings. The van der Waals surface area contributed by atoms with Crippen molar-refractivity contribution in [2.45, 2.75) is 13.3 Å². The quantitative estimate of drug-likeness (QED) is 0.501. The number of hydrogen-bond acceptors (Lipinski definition) is 3. The predicted octanol–water partition coefficient (Wildman–Crippen LogP) is 4.13. The van der Waals surface area contributed by atoms with Crippen molar-refractivity contribution in [2.75, 3.05) is 5.32 Å². The van der Waals surface area contributed by atoms with Crippen LogP contribution in [0.2, 0.25) is 0 Å². The molecule has 0 radical (unpaired) electrons. The molecule has 0 spiro atoms. The number of para-hydroxylation sites is 1. The zero-order valence-corrected chi connectivity index (χ0v) is 17.1. The normalized spacial score (nSPS) is 10.6. The van der Waals surface area contributed by atoms with Gasteiger partial charge in [0.15, 0.2) is 0 Å². The second-order valence-electron chi connectivity index (χ2n) is 7.28. The molecule has 0 unspecified atom stereocenters. The molecule has 2 amide bonds. The smallest absolute Gasteiger partial charge is 0.259 e. The number of nitrogens with two attached hydrogens (primary N) is 1. The number of amides is 2. The standard InChI is InChI=1S/C25H22N4O2/c1-17-7-5-6-10-21(17)24-22(16-29(28-24)20-8-3-2-4-9-20)25(31)27-19-13-11-18(12-14-19)15-23(26)30/h2-14,16H,15H2,1H3,(H2,26,30)(H,27,31). The third kappa shape index (κ3) is 4.53. The molecule has 0 fully saturated rings. The number of benzene rings is 3. The minimum atomic E-state index is -0.395. The van der Waals surface area contributed by atoms with Crippen molar-refractivity contribution in [3.05, 3.63) is 102 Å². The van der Waals surface area contributed by atoms with E-state index in [2.05, 4.69) is 5.32 Å². The van der Waals surface area contributed by atoms with Gasteiger partial charge in [0, 0.05) is 17.4 Å². The number of anilines is 1. The number of hydrogen-bond donors (Lipinski definition) is 2. The van der Waals surface area contributed by atoms with E-state index in [1.54, 1.807) is 35.1 Å². The molecule has 0 saturated heterocycles. The highest BCUT2D eigenvalue weighted by molar-refractivity contribution is 6.08. The van der Waals surface area contributed by atoms with Crippen molar-refractivity contribution >= 4 is 17.5 Å². The van der Waals surface area contributed by atoms with Gasteiger partial charge in [0.2, 0.25) is 5.91 Å². The molecule has 1 heterocycles. The number of primary amides is 1. The second-order valence-corrected chi connectivity index (χ2v) is 7.28. The van der Waals surface area contributed by atoms with Gasteiger partial charge in [-0.15, -0.1) is 0 Å². The van der Waals surface area contributed by atoms with Gasteiger partial charge in [0.1, 0.15) is 5.69 Å². The number of nitrogens with zero attached hydrogens (tertiary/aromatic N) is 2. The minimum absolute atomic E-state index is 0.162. The molecule has 0 aliphatic carbocycles. The largest absolute Gasteiger partial charge is 0.369 e. The molecule has 0 aliphatic heterocycles. The summed E-state index contributed by atoms with van der Waals surface area (Å²) in [5, 5.41) is 7.65. The molecule has 6 heteroatoms. The van der Waals surface area contributed by atoms with Gasteiger partial charge in [0.25, 0.3) is 5.91 Å². The fourth-order valence-electron chi connectivity index (χ4n) is 3.40. The lowest BCUT2D eigenvalue weighted by Gasteiger charge is -2.08. The molecule has 0 bridgehead atoms. The van der Waals surface area contributed by atoms with Gasteiger partial charge in [-0.2, -0.15) is 5.10 Å². The number of nitrogens with one attached hydrogen (secondary N) is 1. The Morgan fingerprint density at radius 2 is 1.61 bits per heavy atom. The SMILES string of the molecule is Cc1ccccc1-c1nn(-c2ccccc2)cc1C(=O)Nc1ccc(CC(N)=O)cc1. The maximum Gasteiger partial charge on any atom is 0.259 e. The third-order valence-electron chi connectivity index (χ3n) is 4.97. The van der Waals surface area contributed by atoms with E-state index in [0.29, 0.717) is 16.9 Å². The van der Waals surface area contributed by atoms with Crippen molar-refractivity contribution in [3.8, 4) is 16.9 Å². The van der Waals surface area contributed by atoms with Gasteiger partial charge < -0.3 is 11.1 Å². The van der Waals surface area contributed by atoms with Crippen LogP contribution in [-0.4, -0.2) is 21.6 Å². The predicted molar refractivity (Wildman–Crippen MR) is 121 cm³/mol. The van der Waals surface area contributed by atoms with E-state index in [4.69, 9.17) is 10.8 Å². The highest BCUT2D eigenvalue weighted by atomic mass is 16.2. The van der Waals surface area contributed by atoms with E-state index in [9.17, 15) is 9.59 Å². The summed E-state index contributed by atoms with van der Waals surface area (Å²) in [6, 6.07) is 24.6. The summed E-state index contributed by atoms with van der Waals surface area (Å²) in [5.41, 5.74) is 10.5. The van der Waals surface area contributed by atoms with Gasteiger partial charge in [0.05, 0.1) is 17.7 Å². The lowest BCUT2D eigenvalue weighted by atomic mass is 10.0. The average Bonchev–Trinajstić information content (AvgIpc) is 3.21. The average molecular weight is 410 g/mol. The van der Waals surface area contributed by atoms with Crippen LogP contribution in [0.4, 0.5) is 5.69 Å². The van der Waals surface area contributed by atoms with Crippen LogP contribution in [0.3, 0.4) is 0 Å². The van der Waals surface area contributed by atoms with Crippen LogP contribution in [-0.2, 0) is 11.2 Å². The Morgan fingerprint density at radius 1 is 0.935 bits per heavy atom. The number of aryl methyl sites for hydroxylation is 1. The molecule has 3 N–H and O–H groups in total. The van der Waals surface area contributed by atoms with E-state index in [0.717, 1.165) is 22.4 Å². The summed E-state index contributed by atoms with van der Waals surface area (Å²) < 4.78 is 1.71. The first-order valence-corrected chi connectivity index (χ1v) is 9.91. The van der Waals surface area contributed by atoms with Crippen molar-refractivity contribution in [1.29, 1.82) is 0 Å². The highest BCUT2D eigenvalue weighted by Crippen LogP contribution is 2.27. The molecule has 4 rings (SSSR count). The number of carbonyl (C=O) groups is 2. The Hall–Kier alpha value is -4.19. The summed E-state index contributed by atoms with van der Waals surface area (Å²) in [5.74, 6) is -0.656. The van der Waals surface area contributed by atoms with Crippen LogP contribution in [0.1, 0.15) is 21.5 Å². The Morgan fingerprint density at radius 3 is 2.29 bits per heavy atom. The monoisotopic (exact) mass is 410 g/mol. The highest BCUT2D eigenvalue weighted by Gasteiger charge is 2.20. The van der Waals surface area contributed by atoms with Crippen LogP contribution >= 0.6 is 0 Å². The van der Waals surface area contributed by atoms with Crippen molar-refractivity contribution < 1.29 is 9.59 Å². The number of aromatic nitrogens is 2. The van der Waals surface area contributed by atoms with Crippen LogP contribution in [0, 0.1) is 6.92 Å². The summed E-state index contributed by atoms with van der Waals surface area (Å²) in [6.07, 6.45) is 1.91. The molecular formula is C25H22N4O2. The van der Waals surface area contributed by atoms with E-state index >= 15 is 0 Å². The maximum absolute atomic E-state index is 13.2. The molecular weight excluding hydrogens is 388 g/mol. The molecule has 4 aromatic rings. The zero-order chi connectivity index (χ0) is 21.8. The van der Waals surface area contributed by atoms with Crippen molar-refractivity contribution in [1.82, 2.24) is 9.78 Å². The Bertz CT molecular complexity index is 1230. The lowest BCUT2D eigenvalue weighted by Crippen LogP contribution is -2.14. The third-order valence-corrected chi connectivity index (χ3v) is 4.97. The van der Waals surface area contributed by atoms with Gasteiger partial charge in [-0.1, -0.05) is 54.6 Å². The topological polar surface area (TPSA) is 90.0 Å². The zero-order valence-electron chi connectivity index (χ0n) is 17.1. The first-order chi connectivity index (χ1) is 15.0. The first kappa shape index (κ1) is 20.1. The minimum Gasteiger partial charge on any atom is -0.369 e. The van der Waals surface area contributed by atoms with Crippen LogP contribution < -0.4 is 11.1 Å². The summed E-state index contributed by atoms with van der Waals surface area (Å²) in [7, 11) is 0. The molecule has 154 valence electrons. The van der Waals surface area contributed by atoms with Gasteiger partial charge in [-0.25, -0.2) is 4.68 Å². The van der Waals surface area contributed by atoms with Crippen molar-refractivity contribution in [2.24, 2.45) is 5.73 Å². The fourth-order valence-corrected chi connectivity index (χ4v) is 3.40. The molecule has 1 aromatic heterocycles. The maximum atomic E-state index is 13.2. The Kier molecular flexibility index (Phi) is 5.62. The van der Waals surface area contributed by atoms with Crippen LogP contribution in [0.15, 0.2) is 85.1 Å². The Labute approximate surface area is 180 Å². The molecule has 3 aromatic carbocycles. The lowest BCUT2D eigenvalue weighted by molar-refractivity contribution is -0.117. The summed E-state index contributed by atoms with van der Waals surface area (Å²) in [6.45, 7) is 2.00. The molecule has 0 atom stereocenters. The van der Waals surface area contributed by atoms with Gasteiger partial charge >= 0.3 is 0 Å². The first-order valence-electron chi connectivity index (χ1n) is 9.91. The molecule has 6 nitrogen and oxygen atoms in total. The second kappa shape index (κ2) is 8.67.